The normalized spacial score (nSPS) is 9.90. The van der Waals surface area contributed by atoms with E-state index in [2.05, 4.69) is 5.32 Å². The second-order valence-electron chi connectivity index (χ2n) is 4.33. The number of rotatable bonds is 5. The number of para-hydroxylation sites is 1. The van der Waals surface area contributed by atoms with Gasteiger partial charge in [-0.1, -0.05) is 24.3 Å². The Labute approximate surface area is 118 Å². The Hall–Kier alpha value is -2.49. The van der Waals surface area contributed by atoms with Crippen LogP contribution in [0, 0.1) is 6.92 Å². The lowest BCUT2D eigenvalue weighted by Crippen LogP contribution is -2.20. The van der Waals surface area contributed by atoms with Crippen LogP contribution in [0.5, 0.6) is 11.5 Å². The summed E-state index contributed by atoms with van der Waals surface area (Å²) in [4.78, 5) is 11.8. The number of anilines is 1. The van der Waals surface area contributed by atoms with Gasteiger partial charge in [-0.2, -0.15) is 0 Å². The van der Waals surface area contributed by atoms with E-state index in [1.165, 1.54) is 0 Å². The van der Waals surface area contributed by atoms with Gasteiger partial charge < -0.3 is 14.8 Å². The summed E-state index contributed by atoms with van der Waals surface area (Å²) in [6, 6.07) is 14.8. The molecule has 0 aromatic heterocycles. The van der Waals surface area contributed by atoms with Crippen LogP contribution < -0.4 is 14.8 Å². The molecule has 0 bridgehead atoms. The maximum atomic E-state index is 11.8. The Morgan fingerprint density at radius 2 is 1.95 bits per heavy atom. The first kappa shape index (κ1) is 13.9. The Kier molecular flexibility index (Phi) is 4.60. The highest BCUT2D eigenvalue weighted by atomic mass is 16.5. The summed E-state index contributed by atoms with van der Waals surface area (Å²) in [6.45, 7) is 1.91. The van der Waals surface area contributed by atoms with Crippen LogP contribution in [0.3, 0.4) is 0 Å². The van der Waals surface area contributed by atoms with Crippen LogP contribution in [-0.2, 0) is 4.79 Å². The molecule has 2 rings (SSSR count). The van der Waals surface area contributed by atoms with Crippen molar-refractivity contribution in [2.75, 3.05) is 19.0 Å². The Morgan fingerprint density at radius 3 is 2.70 bits per heavy atom. The van der Waals surface area contributed by atoms with E-state index in [1.54, 1.807) is 19.2 Å². The van der Waals surface area contributed by atoms with Gasteiger partial charge in [-0.15, -0.1) is 0 Å². The third-order valence-electron chi connectivity index (χ3n) is 2.81. The van der Waals surface area contributed by atoms with E-state index in [1.807, 2.05) is 43.3 Å². The van der Waals surface area contributed by atoms with Gasteiger partial charge in [0, 0.05) is 11.8 Å². The van der Waals surface area contributed by atoms with Gasteiger partial charge in [0.1, 0.15) is 11.5 Å². The van der Waals surface area contributed by atoms with Gasteiger partial charge in [0.15, 0.2) is 6.61 Å². The lowest BCUT2D eigenvalue weighted by atomic mass is 10.2. The summed E-state index contributed by atoms with van der Waals surface area (Å²) in [7, 11) is 1.59. The summed E-state index contributed by atoms with van der Waals surface area (Å²) in [5.41, 5.74) is 1.68. The van der Waals surface area contributed by atoms with Crippen molar-refractivity contribution in [3.63, 3.8) is 0 Å². The van der Waals surface area contributed by atoms with Crippen molar-refractivity contribution in [2.24, 2.45) is 0 Å². The minimum Gasteiger partial charge on any atom is -0.497 e. The van der Waals surface area contributed by atoms with Crippen molar-refractivity contribution < 1.29 is 14.3 Å². The van der Waals surface area contributed by atoms with Crippen LogP contribution >= 0.6 is 0 Å². The SMILES string of the molecule is COc1cccc(NC(=O)COc2ccccc2C)c1. The molecule has 2 aromatic rings. The number of benzene rings is 2. The highest BCUT2D eigenvalue weighted by Crippen LogP contribution is 2.18. The quantitative estimate of drug-likeness (QED) is 0.909. The van der Waals surface area contributed by atoms with Gasteiger partial charge in [-0.25, -0.2) is 0 Å². The third-order valence-corrected chi connectivity index (χ3v) is 2.81. The minimum atomic E-state index is -0.207. The van der Waals surface area contributed by atoms with Crippen molar-refractivity contribution in [2.45, 2.75) is 6.92 Å². The van der Waals surface area contributed by atoms with Crippen LogP contribution in [0.25, 0.3) is 0 Å². The predicted octanol–water partition coefficient (Wildman–Crippen LogP) is 3.02. The fourth-order valence-corrected chi connectivity index (χ4v) is 1.76. The van der Waals surface area contributed by atoms with Crippen LogP contribution in [0.2, 0.25) is 0 Å². The lowest BCUT2D eigenvalue weighted by Gasteiger charge is -2.10. The maximum absolute atomic E-state index is 11.8. The van der Waals surface area contributed by atoms with Gasteiger partial charge >= 0.3 is 0 Å². The van der Waals surface area contributed by atoms with Crippen molar-refractivity contribution in [3.8, 4) is 11.5 Å². The molecule has 4 nitrogen and oxygen atoms in total. The molecule has 2 aromatic carbocycles. The third kappa shape index (κ3) is 3.75. The molecule has 104 valence electrons. The van der Waals surface area contributed by atoms with Crippen LogP contribution in [-0.4, -0.2) is 19.6 Å². The molecule has 1 N–H and O–H groups in total. The van der Waals surface area contributed by atoms with E-state index < -0.39 is 0 Å². The summed E-state index contributed by atoms with van der Waals surface area (Å²) in [5, 5.41) is 2.76. The van der Waals surface area contributed by atoms with E-state index in [9.17, 15) is 4.79 Å². The number of methoxy groups -OCH3 is 1. The van der Waals surface area contributed by atoms with Gasteiger partial charge in [0.2, 0.25) is 0 Å². The van der Waals surface area contributed by atoms with E-state index in [4.69, 9.17) is 9.47 Å². The van der Waals surface area contributed by atoms with Crippen LogP contribution in [0.1, 0.15) is 5.56 Å². The Bertz CT molecular complexity index is 596. The highest BCUT2D eigenvalue weighted by Gasteiger charge is 2.05. The summed E-state index contributed by atoms with van der Waals surface area (Å²) in [5.74, 6) is 1.21. The molecule has 0 heterocycles. The number of ether oxygens (including phenoxy) is 2. The van der Waals surface area contributed by atoms with Crippen molar-refractivity contribution in [3.05, 3.63) is 54.1 Å². The molecule has 0 atom stereocenters. The number of hydrogen-bond donors (Lipinski definition) is 1. The first-order valence-electron chi connectivity index (χ1n) is 6.31. The molecule has 0 radical (unpaired) electrons. The zero-order chi connectivity index (χ0) is 14.4. The smallest absolute Gasteiger partial charge is 0.262 e. The zero-order valence-electron chi connectivity index (χ0n) is 11.6. The number of nitrogens with one attached hydrogen (secondary N) is 1. The minimum absolute atomic E-state index is 0.0257. The van der Waals surface area contributed by atoms with E-state index in [0.717, 1.165) is 5.56 Å². The van der Waals surface area contributed by atoms with Gasteiger partial charge in [-0.05, 0) is 30.7 Å². The topological polar surface area (TPSA) is 47.6 Å². The molecule has 0 aliphatic carbocycles. The van der Waals surface area contributed by atoms with Crippen molar-refractivity contribution >= 4 is 11.6 Å². The molecule has 4 heteroatoms. The van der Waals surface area contributed by atoms with E-state index in [0.29, 0.717) is 17.2 Å². The fraction of sp³-hybridized carbons (Fsp3) is 0.188. The van der Waals surface area contributed by atoms with Crippen LogP contribution in [0.15, 0.2) is 48.5 Å². The Morgan fingerprint density at radius 1 is 1.15 bits per heavy atom. The standard InChI is InChI=1S/C16H17NO3/c1-12-6-3-4-9-15(12)20-11-16(18)17-13-7-5-8-14(10-13)19-2/h3-10H,11H2,1-2H3,(H,17,18). The first-order chi connectivity index (χ1) is 9.69. The number of amides is 1. The summed E-state index contributed by atoms with van der Waals surface area (Å²) in [6.07, 6.45) is 0. The van der Waals surface area contributed by atoms with Crippen LogP contribution in [0.4, 0.5) is 5.69 Å². The molecular weight excluding hydrogens is 254 g/mol. The zero-order valence-corrected chi connectivity index (χ0v) is 11.6. The monoisotopic (exact) mass is 271 g/mol. The molecule has 0 unspecified atom stereocenters. The average molecular weight is 271 g/mol. The molecule has 0 saturated carbocycles. The molecule has 0 aliphatic rings. The second-order valence-corrected chi connectivity index (χ2v) is 4.33. The average Bonchev–Trinajstić information content (AvgIpc) is 2.46. The molecular formula is C16H17NO3. The molecule has 0 saturated heterocycles. The molecule has 0 aliphatic heterocycles. The van der Waals surface area contributed by atoms with Gasteiger partial charge in [-0.3, -0.25) is 4.79 Å². The predicted molar refractivity (Wildman–Crippen MR) is 78.3 cm³/mol. The van der Waals surface area contributed by atoms with E-state index >= 15 is 0 Å². The number of aryl methyl sites for hydroxylation is 1. The maximum Gasteiger partial charge on any atom is 0.262 e. The van der Waals surface area contributed by atoms with Gasteiger partial charge in [0.05, 0.1) is 7.11 Å². The largest absolute Gasteiger partial charge is 0.497 e. The Balaban J connectivity index is 1.91. The molecule has 0 fully saturated rings. The molecule has 0 spiro atoms. The van der Waals surface area contributed by atoms with Crippen molar-refractivity contribution in [1.82, 2.24) is 0 Å². The fourth-order valence-electron chi connectivity index (χ4n) is 1.76. The molecule has 20 heavy (non-hydrogen) atoms. The summed E-state index contributed by atoms with van der Waals surface area (Å²) < 4.78 is 10.6. The number of carbonyl (C=O) groups excluding carboxylic acids is 1. The van der Waals surface area contributed by atoms with E-state index in [-0.39, 0.29) is 12.5 Å². The second kappa shape index (κ2) is 6.61. The van der Waals surface area contributed by atoms with Crippen molar-refractivity contribution in [1.29, 1.82) is 0 Å². The lowest BCUT2D eigenvalue weighted by molar-refractivity contribution is -0.118. The number of carbonyl (C=O) groups is 1. The summed E-state index contributed by atoms with van der Waals surface area (Å²) >= 11 is 0. The van der Waals surface area contributed by atoms with Gasteiger partial charge in [0.25, 0.3) is 5.91 Å². The molecule has 1 amide bonds. The highest BCUT2D eigenvalue weighted by molar-refractivity contribution is 5.92. The number of hydrogen-bond acceptors (Lipinski definition) is 3. The first-order valence-corrected chi connectivity index (χ1v) is 6.31.